The first kappa shape index (κ1) is 10.6. The van der Waals surface area contributed by atoms with Crippen molar-refractivity contribution in [1.29, 1.82) is 0 Å². The maximum absolute atomic E-state index is 10.6. The third kappa shape index (κ3) is 2.05. The summed E-state index contributed by atoms with van der Waals surface area (Å²) in [6.07, 6.45) is 3.46. The van der Waals surface area contributed by atoms with Crippen LogP contribution in [0.3, 0.4) is 0 Å². The third-order valence-corrected chi connectivity index (χ3v) is 2.93. The Bertz CT molecular complexity index is 416. The van der Waals surface area contributed by atoms with Crippen LogP contribution in [0.15, 0.2) is 32.4 Å². The standard InChI is InChI=1S/C8H7ClIN3O2/c9-5-2-1-4-7(11-5)8(10)12-13(4)3-6(14)15/h1-2,11-12H,3H2,(H,14,15). The molecule has 0 fully saturated rings. The van der Waals surface area contributed by atoms with E-state index in [9.17, 15) is 4.79 Å². The highest BCUT2D eigenvalue weighted by molar-refractivity contribution is 14.1. The molecule has 0 amide bonds. The van der Waals surface area contributed by atoms with E-state index in [1.165, 1.54) is 0 Å². The largest absolute Gasteiger partial charge is 0.480 e. The fraction of sp³-hybridized carbons (Fsp3) is 0.125. The van der Waals surface area contributed by atoms with Crippen LogP contribution in [-0.4, -0.2) is 22.6 Å². The van der Waals surface area contributed by atoms with Gasteiger partial charge in [-0.2, -0.15) is 0 Å². The molecule has 0 aromatic heterocycles. The van der Waals surface area contributed by atoms with Crippen molar-refractivity contribution in [3.8, 4) is 0 Å². The van der Waals surface area contributed by atoms with Gasteiger partial charge in [0.1, 0.15) is 15.4 Å². The lowest BCUT2D eigenvalue weighted by Crippen LogP contribution is -2.35. The molecule has 7 heteroatoms. The van der Waals surface area contributed by atoms with E-state index in [1.54, 1.807) is 17.2 Å². The maximum Gasteiger partial charge on any atom is 0.325 e. The van der Waals surface area contributed by atoms with Crippen LogP contribution in [0.25, 0.3) is 0 Å². The molecule has 5 nitrogen and oxygen atoms in total. The van der Waals surface area contributed by atoms with Crippen LogP contribution in [0.2, 0.25) is 0 Å². The van der Waals surface area contributed by atoms with E-state index in [0.29, 0.717) is 5.16 Å². The van der Waals surface area contributed by atoms with Crippen LogP contribution in [-0.2, 0) is 4.79 Å². The average molecular weight is 340 g/mol. The predicted molar refractivity (Wildman–Crippen MR) is 63.7 cm³/mol. The minimum Gasteiger partial charge on any atom is -0.480 e. The van der Waals surface area contributed by atoms with Gasteiger partial charge < -0.3 is 10.4 Å². The van der Waals surface area contributed by atoms with E-state index >= 15 is 0 Å². The Balaban J connectivity index is 2.26. The zero-order chi connectivity index (χ0) is 11.0. The minimum atomic E-state index is -0.894. The topological polar surface area (TPSA) is 64.6 Å². The van der Waals surface area contributed by atoms with E-state index in [2.05, 4.69) is 33.3 Å². The Morgan fingerprint density at radius 2 is 2.33 bits per heavy atom. The third-order valence-electron chi connectivity index (χ3n) is 1.92. The summed E-state index contributed by atoms with van der Waals surface area (Å²) in [7, 11) is 0. The molecular weight excluding hydrogens is 332 g/mol. The molecule has 0 aromatic carbocycles. The number of carboxylic acids is 1. The smallest absolute Gasteiger partial charge is 0.325 e. The number of hydrogen-bond acceptors (Lipinski definition) is 4. The maximum atomic E-state index is 10.6. The number of fused-ring (bicyclic) bond motifs is 1. The SMILES string of the molecule is O=C(O)CN1NC(I)=C2NC(Cl)=CC=C21. The van der Waals surface area contributed by atoms with Gasteiger partial charge in [0.15, 0.2) is 0 Å². The molecule has 2 aliphatic rings. The minimum absolute atomic E-state index is 0.102. The molecule has 2 rings (SSSR count). The van der Waals surface area contributed by atoms with E-state index in [-0.39, 0.29) is 6.54 Å². The predicted octanol–water partition coefficient (Wildman–Crippen LogP) is 1.06. The van der Waals surface area contributed by atoms with Gasteiger partial charge in [0, 0.05) is 0 Å². The van der Waals surface area contributed by atoms with E-state index < -0.39 is 5.97 Å². The summed E-state index contributed by atoms with van der Waals surface area (Å²) in [5, 5.41) is 13.7. The summed E-state index contributed by atoms with van der Waals surface area (Å²) in [6, 6.07) is 0. The van der Waals surface area contributed by atoms with Crippen molar-refractivity contribution in [3.63, 3.8) is 0 Å². The lowest BCUT2D eigenvalue weighted by Gasteiger charge is -2.20. The van der Waals surface area contributed by atoms with Crippen LogP contribution in [0.4, 0.5) is 0 Å². The molecule has 0 spiro atoms. The van der Waals surface area contributed by atoms with Gasteiger partial charge in [0.25, 0.3) is 0 Å². The number of aliphatic carboxylic acids is 1. The summed E-state index contributed by atoms with van der Waals surface area (Å²) in [4.78, 5) is 10.6. The molecule has 0 aromatic rings. The molecule has 0 saturated heterocycles. The lowest BCUT2D eigenvalue weighted by molar-refractivity contribution is -0.138. The Kier molecular flexibility index (Phi) is 2.79. The number of halogens is 2. The average Bonchev–Trinajstić information content (AvgIpc) is 2.42. The van der Waals surface area contributed by atoms with Crippen molar-refractivity contribution in [2.75, 3.05) is 6.54 Å². The van der Waals surface area contributed by atoms with E-state index in [1.807, 2.05) is 0 Å². The first-order chi connectivity index (χ1) is 7.08. The second-order valence-corrected chi connectivity index (χ2v) is 4.46. The Morgan fingerprint density at radius 1 is 1.60 bits per heavy atom. The van der Waals surface area contributed by atoms with Crippen molar-refractivity contribution in [2.45, 2.75) is 0 Å². The first-order valence-corrected chi connectivity index (χ1v) is 5.54. The van der Waals surface area contributed by atoms with Gasteiger partial charge in [-0.25, -0.2) is 0 Å². The van der Waals surface area contributed by atoms with Crippen LogP contribution in [0.5, 0.6) is 0 Å². The molecular formula is C8H7ClIN3O2. The summed E-state index contributed by atoms with van der Waals surface area (Å²) in [6.45, 7) is -0.102. The number of hydrogen-bond donors (Lipinski definition) is 3. The quantitative estimate of drug-likeness (QED) is 0.519. The van der Waals surface area contributed by atoms with Crippen molar-refractivity contribution in [1.82, 2.24) is 15.8 Å². The van der Waals surface area contributed by atoms with Gasteiger partial charge >= 0.3 is 5.97 Å². The molecule has 80 valence electrons. The first-order valence-electron chi connectivity index (χ1n) is 4.08. The summed E-state index contributed by atoms with van der Waals surface area (Å²) in [5.74, 6) is -0.894. The second kappa shape index (κ2) is 3.93. The van der Waals surface area contributed by atoms with E-state index in [0.717, 1.165) is 15.1 Å². The molecule has 0 atom stereocenters. The second-order valence-electron chi connectivity index (χ2n) is 2.97. The number of allylic oxidation sites excluding steroid dienone is 2. The van der Waals surface area contributed by atoms with Crippen molar-refractivity contribution < 1.29 is 9.90 Å². The van der Waals surface area contributed by atoms with Crippen LogP contribution in [0.1, 0.15) is 0 Å². The van der Waals surface area contributed by atoms with Gasteiger partial charge in [0.2, 0.25) is 0 Å². The van der Waals surface area contributed by atoms with Crippen molar-refractivity contribution >= 4 is 40.2 Å². The van der Waals surface area contributed by atoms with Gasteiger partial charge in [-0.3, -0.25) is 15.2 Å². The highest BCUT2D eigenvalue weighted by atomic mass is 127. The van der Waals surface area contributed by atoms with E-state index in [4.69, 9.17) is 16.7 Å². The number of hydrazine groups is 1. The number of nitrogens with one attached hydrogen (secondary N) is 2. The molecule has 0 radical (unpaired) electrons. The summed E-state index contributed by atoms with van der Waals surface area (Å²) in [5.41, 5.74) is 4.54. The van der Waals surface area contributed by atoms with Gasteiger partial charge in [-0.1, -0.05) is 11.6 Å². The zero-order valence-corrected chi connectivity index (χ0v) is 10.3. The number of carbonyl (C=O) groups is 1. The van der Waals surface area contributed by atoms with Gasteiger partial charge in [-0.05, 0) is 34.7 Å². The molecule has 0 unspecified atom stereocenters. The van der Waals surface area contributed by atoms with Crippen molar-refractivity contribution in [2.24, 2.45) is 0 Å². The van der Waals surface area contributed by atoms with Crippen LogP contribution < -0.4 is 10.7 Å². The van der Waals surface area contributed by atoms with Crippen LogP contribution >= 0.6 is 34.2 Å². The lowest BCUT2D eigenvalue weighted by atomic mass is 10.2. The molecule has 2 aliphatic heterocycles. The zero-order valence-electron chi connectivity index (χ0n) is 7.42. The summed E-state index contributed by atoms with van der Waals surface area (Å²) >= 11 is 7.89. The van der Waals surface area contributed by atoms with Crippen molar-refractivity contribution in [3.05, 3.63) is 32.4 Å². The fourth-order valence-electron chi connectivity index (χ4n) is 1.35. The Hall–Kier alpha value is -0.890. The number of nitrogens with zero attached hydrogens (tertiary/aromatic N) is 1. The summed E-state index contributed by atoms with van der Waals surface area (Å²) < 4.78 is 0.825. The van der Waals surface area contributed by atoms with Gasteiger partial charge in [0.05, 0.1) is 11.4 Å². The Labute approximate surface area is 105 Å². The number of carboxylic acid groups (broad SMARTS) is 1. The normalized spacial score (nSPS) is 18.9. The highest BCUT2D eigenvalue weighted by Crippen LogP contribution is 2.29. The molecule has 2 heterocycles. The molecule has 0 bridgehead atoms. The molecule has 0 aliphatic carbocycles. The van der Waals surface area contributed by atoms with Crippen LogP contribution in [0, 0.1) is 0 Å². The van der Waals surface area contributed by atoms with Gasteiger partial charge in [-0.15, -0.1) is 0 Å². The number of rotatable bonds is 2. The number of dihydropyridines is 1. The molecule has 15 heavy (non-hydrogen) atoms. The Morgan fingerprint density at radius 3 is 3.00 bits per heavy atom. The highest BCUT2D eigenvalue weighted by Gasteiger charge is 2.28. The fourth-order valence-corrected chi connectivity index (χ4v) is 2.21. The molecule has 0 saturated carbocycles. The monoisotopic (exact) mass is 339 g/mol. The molecule has 3 N–H and O–H groups in total.